The van der Waals surface area contributed by atoms with E-state index in [1.54, 1.807) is 6.92 Å². The van der Waals surface area contributed by atoms with E-state index in [9.17, 15) is 24.6 Å². The van der Waals surface area contributed by atoms with Gasteiger partial charge in [-0.2, -0.15) is 0 Å². The maximum Gasteiger partial charge on any atom is 0.207 e. The Morgan fingerprint density at radius 1 is 0.750 bits per heavy atom. The molecule has 0 fully saturated rings. The summed E-state index contributed by atoms with van der Waals surface area (Å²) in [5, 5.41) is 26.2. The normalized spacial score (nSPS) is 13.0. The number of phenols is 2. The van der Waals surface area contributed by atoms with Crippen molar-refractivity contribution in [2.24, 2.45) is 0 Å². The SMILES string of the molecule is CCCCCCCCSc1c(OC)c2c3c(OC)cc(=O)c4c(O)c(OC)c5c(c6c(c(OC)c(O)c(c1=O)c26)C(C(C)=O)=C(C)C5)c43. The summed E-state index contributed by atoms with van der Waals surface area (Å²) >= 11 is 1.36. The fraction of sp³-hybridized carbons (Fsp3) is 0.395. The summed E-state index contributed by atoms with van der Waals surface area (Å²) in [5.41, 5.74) is 0.843. The lowest BCUT2D eigenvalue weighted by atomic mass is 9.82. The molecular weight excluding hydrogens is 632 g/mol. The van der Waals surface area contributed by atoms with Crippen molar-refractivity contribution in [1.82, 2.24) is 0 Å². The van der Waals surface area contributed by atoms with Gasteiger partial charge < -0.3 is 29.2 Å². The Morgan fingerprint density at radius 2 is 1.38 bits per heavy atom. The monoisotopic (exact) mass is 672 g/mol. The number of hydrogen-bond donors (Lipinski definition) is 2. The average molecular weight is 673 g/mol. The number of benzene rings is 5. The number of fused-ring (bicyclic) bond motifs is 1. The zero-order chi connectivity index (χ0) is 34.6. The van der Waals surface area contributed by atoms with E-state index in [1.165, 1.54) is 59.6 Å². The largest absolute Gasteiger partial charge is 0.504 e. The number of phenolic OH excluding ortho intramolecular Hbond substituents is 2. The molecule has 0 spiro atoms. The van der Waals surface area contributed by atoms with Crippen molar-refractivity contribution in [3.8, 4) is 34.5 Å². The minimum atomic E-state index is -0.492. The van der Waals surface area contributed by atoms with Crippen molar-refractivity contribution < 1.29 is 34.0 Å². The van der Waals surface area contributed by atoms with Crippen LogP contribution < -0.4 is 29.8 Å². The van der Waals surface area contributed by atoms with Crippen LogP contribution >= 0.6 is 11.8 Å². The highest BCUT2D eigenvalue weighted by molar-refractivity contribution is 7.99. The number of carbonyl (C=O) groups is 1. The zero-order valence-electron chi connectivity index (χ0n) is 28.4. The summed E-state index contributed by atoms with van der Waals surface area (Å²) in [5.74, 6) is 0.194. The Balaban J connectivity index is 1.90. The molecule has 1 aliphatic rings. The quantitative estimate of drug-likeness (QED) is 0.0555. The number of methoxy groups -OCH3 is 4. The van der Waals surface area contributed by atoms with Crippen LogP contribution in [0.25, 0.3) is 48.7 Å². The number of Topliss-reactive ketones (excluding diaryl/α,β-unsaturated/α-hetero) is 1. The van der Waals surface area contributed by atoms with E-state index in [4.69, 9.17) is 18.9 Å². The fourth-order valence-corrected chi connectivity index (χ4v) is 8.80. The van der Waals surface area contributed by atoms with Gasteiger partial charge in [-0.05, 0) is 37.8 Å². The van der Waals surface area contributed by atoms with Crippen molar-refractivity contribution in [2.75, 3.05) is 34.2 Å². The topological polar surface area (TPSA) is 129 Å². The van der Waals surface area contributed by atoms with Crippen LogP contribution in [0.1, 0.15) is 70.4 Å². The summed E-state index contributed by atoms with van der Waals surface area (Å²) in [6.45, 7) is 5.41. The van der Waals surface area contributed by atoms with Gasteiger partial charge in [0.25, 0.3) is 0 Å². The molecule has 252 valence electrons. The van der Waals surface area contributed by atoms with E-state index in [0.29, 0.717) is 65.2 Å². The molecule has 9 nitrogen and oxygen atoms in total. The van der Waals surface area contributed by atoms with Crippen molar-refractivity contribution in [3.05, 3.63) is 43.2 Å². The van der Waals surface area contributed by atoms with Gasteiger partial charge in [0.15, 0.2) is 34.2 Å². The first kappa shape index (κ1) is 33.5. The average Bonchev–Trinajstić information content (AvgIpc) is 3.19. The second kappa shape index (κ2) is 12.9. The first-order valence-electron chi connectivity index (χ1n) is 16.2. The van der Waals surface area contributed by atoms with Crippen LogP contribution in [-0.4, -0.2) is 50.2 Å². The van der Waals surface area contributed by atoms with Crippen LogP contribution in [0.5, 0.6) is 34.5 Å². The number of rotatable bonds is 13. The molecule has 10 heteroatoms. The van der Waals surface area contributed by atoms with Crippen LogP contribution in [0, 0.1) is 0 Å². The molecule has 0 aromatic heterocycles. The second-order valence-electron chi connectivity index (χ2n) is 12.4. The van der Waals surface area contributed by atoms with Crippen molar-refractivity contribution >= 4 is 66.2 Å². The Labute approximate surface area is 282 Å². The number of hydrogen-bond acceptors (Lipinski definition) is 10. The fourth-order valence-electron chi connectivity index (χ4n) is 7.69. The Kier molecular flexibility index (Phi) is 8.98. The van der Waals surface area contributed by atoms with Gasteiger partial charge in [0.1, 0.15) is 11.5 Å². The molecule has 1 aliphatic carbocycles. The number of ether oxygens (including phenoxy) is 4. The smallest absolute Gasteiger partial charge is 0.207 e. The van der Waals surface area contributed by atoms with Crippen molar-refractivity contribution in [2.45, 2.75) is 70.6 Å². The lowest BCUT2D eigenvalue weighted by Crippen LogP contribution is -2.12. The predicted octanol–water partition coefficient (Wildman–Crippen LogP) is 7.71. The van der Waals surface area contributed by atoms with Gasteiger partial charge in [-0.1, -0.05) is 44.6 Å². The molecule has 0 saturated heterocycles. The standard InChI is InChI=1S/C38H40O9S/c1-8-9-10-11-12-13-14-48-38-34(43)31-28-27-23-19(15-17(2)22(18(3)39)29(27)36(46-6)33(31)42)35(45-5)32(41)24-20(40)16-21(44-4)25(26(23)24)30(28)37(38)47-7/h16,41-42H,8-15H2,1-7H3. The third kappa shape index (κ3) is 4.70. The molecule has 0 atom stereocenters. The molecule has 48 heavy (non-hydrogen) atoms. The van der Waals surface area contributed by atoms with Crippen molar-refractivity contribution in [1.29, 1.82) is 0 Å². The third-order valence-corrected chi connectivity index (χ3v) is 10.8. The highest BCUT2D eigenvalue weighted by atomic mass is 32.2. The summed E-state index contributed by atoms with van der Waals surface area (Å²) < 4.78 is 23.5. The minimum absolute atomic E-state index is 0.0108. The van der Waals surface area contributed by atoms with Crippen LogP contribution in [0.2, 0.25) is 0 Å². The van der Waals surface area contributed by atoms with Crippen molar-refractivity contribution in [3.63, 3.8) is 0 Å². The molecule has 0 bridgehead atoms. The Morgan fingerprint density at radius 3 is 2.00 bits per heavy atom. The highest BCUT2D eigenvalue weighted by Crippen LogP contribution is 2.58. The van der Waals surface area contributed by atoms with Gasteiger partial charge >= 0.3 is 0 Å². The maximum atomic E-state index is 14.6. The highest BCUT2D eigenvalue weighted by Gasteiger charge is 2.37. The van der Waals surface area contributed by atoms with Gasteiger partial charge in [-0.15, -0.1) is 11.8 Å². The van der Waals surface area contributed by atoms with Crippen LogP contribution in [0.15, 0.2) is 26.1 Å². The van der Waals surface area contributed by atoms with E-state index in [-0.39, 0.29) is 57.5 Å². The third-order valence-electron chi connectivity index (χ3n) is 9.63. The molecule has 0 aliphatic heterocycles. The van der Waals surface area contributed by atoms with Gasteiger partial charge in [0.05, 0.1) is 44.1 Å². The first-order chi connectivity index (χ1) is 23.1. The first-order valence-corrected chi connectivity index (χ1v) is 17.2. The Hall–Kier alpha value is -4.44. The molecule has 2 N–H and O–H groups in total. The number of ketones is 1. The van der Waals surface area contributed by atoms with Crippen LogP contribution in [-0.2, 0) is 11.2 Å². The molecule has 6 rings (SSSR count). The van der Waals surface area contributed by atoms with Gasteiger partial charge in [0, 0.05) is 49.7 Å². The minimum Gasteiger partial charge on any atom is -0.504 e. The van der Waals surface area contributed by atoms with E-state index in [1.807, 2.05) is 0 Å². The van der Waals surface area contributed by atoms with Gasteiger partial charge in [-0.25, -0.2) is 0 Å². The van der Waals surface area contributed by atoms with E-state index in [2.05, 4.69) is 6.92 Å². The Bertz CT molecular complexity index is 2270. The number of aromatic hydroxyl groups is 2. The second-order valence-corrected chi connectivity index (χ2v) is 13.5. The van der Waals surface area contributed by atoms with E-state index < -0.39 is 10.9 Å². The molecule has 0 unspecified atom stereocenters. The van der Waals surface area contributed by atoms with E-state index >= 15 is 0 Å². The zero-order valence-corrected chi connectivity index (χ0v) is 29.2. The van der Waals surface area contributed by atoms with Gasteiger partial charge in [0.2, 0.25) is 5.43 Å². The van der Waals surface area contributed by atoms with Crippen LogP contribution in [0.3, 0.4) is 0 Å². The predicted molar refractivity (Wildman–Crippen MR) is 192 cm³/mol. The molecule has 0 radical (unpaired) electrons. The number of allylic oxidation sites excluding steroid dienone is 2. The van der Waals surface area contributed by atoms with E-state index in [0.717, 1.165) is 32.1 Å². The molecule has 5 aromatic rings. The van der Waals surface area contributed by atoms with Gasteiger partial charge in [-0.3, -0.25) is 14.4 Å². The molecule has 0 saturated carbocycles. The maximum absolute atomic E-state index is 14.6. The molecule has 5 aromatic carbocycles. The molecule has 0 heterocycles. The molecule has 0 amide bonds. The summed E-state index contributed by atoms with van der Waals surface area (Å²) in [6, 6.07) is 1.30. The number of thioether (sulfide) groups is 1. The lowest BCUT2D eigenvalue weighted by Gasteiger charge is -2.25. The lowest BCUT2D eigenvalue weighted by molar-refractivity contribution is -0.111. The number of carbonyl (C=O) groups excluding carboxylic acids is 1. The van der Waals surface area contributed by atoms with Crippen LogP contribution in [0.4, 0.5) is 0 Å². The number of unbranched alkanes of at least 4 members (excludes halogenated alkanes) is 5. The summed E-state index contributed by atoms with van der Waals surface area (Å²) in [6.07, 6.45) is 6.69. The summed E-state index contributed by atoms with van der Waals surface area (Å²) in [7, 11) is 5.72. The summed E-state index contributed by atoms with van der Waals surface area (Å²) in [4.78, 5) is 42.2. The molecular formula is C38H40O9S.